The first kappa shape index (κ1) is 17.5. The number of nitrogens with zero attached hydrogens (tertiary/aromatic N) is 1. The fourth-order valence-corrected chi connectivity index (χ4v) is 2.43. The Bertz CT molecular complexity index is 429. The lowest BCUT2D eigenvalue weighted by Gasteiger charge is -2.19. The molecule has 1 atom stereocenters. The van der Waals surface area contributed by atoms with Crippen molar-refractivity contribution in [1.29, 1.82) is 0 Å². The van der Waals surface area contributed by atoms with Crippen LogP contribution in [0, 0.1) is 0 Å². The average Bonchev–Trinajstić information content (AvgIpc) is 2.46. The number of carbonyl (C=O) groups is 1. The molecular formula is C18H30N2O. The Hall–Kier alpha value is -1.51. The molecule has 1 unspecified atom stereocenters. The van der Waals surface area contributed by atoms with Crippen LogP contribution in [-0.2, 0) is 0 Å². The predicted octanol–water partition coefficient (Wildman–Crippen LogP) is 4.55. The lowest BCUT2D eigenvalue weighted by atomic mass is 10.1. The molecule has 1 aromatic carbocycles. The minimum absolute atomic E-state index is 0.0493. The van der Waals surface area contributed by atoms with Crippen LogP contribution in [0.2, 0.25) is 0 Å². The van der Waals surface area contributed by atoms with Gasteiger partial charge in [-0.25, -0.2) is 0 Å². The second-order valence-corrected chi connectivity index (χ2v) is 5.99. The molecule has 0 aliphatic carbocycles. The summed E-state index contributed by atoms with van der Waals surface area (Å²) >= 11 is 0. The van der Waals surface area contributed by atoms with Crippen molar-refractivity contribution in [2.45, 2.75) is 58.4 Å². The van der Waals surface area contributed by atoms with Gasteiger partial charge in [-0.1, -0.05) is 51.2 Å². The molecule has 1 amide bonds. The van der Waals surface area contributed by atoms with Crippen molar-refractivity contribution in [2.75, 3.05) is 19.4 Å². The fraction of sp³-hybridized carbons (Fsp3) is 0.611. The Morgan fingerprint density at radius 2 is 1.81 bits per heavy atom. The zero-order chi connectivity index (χ0) is 15.7. The number of rotatable bonds is 9. The molecule has 118 valence electrons. The first-order chi connectivity index (χ1) is 10.1. The summed E-state index contributed by atoms with van der Waals surface area (Å²) in [5.74, 6) is 0.0493. The second-order valence-electron chi connectivity index (χ2n) is 5.99. The standard InChI is InChI=1S/C18H30N2O/c1-5-6-7-8-9-12-15(2)19-17-14-11-10-13-16(17)18(21)20(3)4/h10-11,13-15,19H,5-9,12H2,1-4H3. The first-order valence-corrected chi connectivity index (χ1v) is 8.13. The number of carbonyl (C=O) groups excluding carboxylic acids is 1. The third kappa shape index (κ3) is 6.19. The topological polar surface area (TPSA) is 32.3 Å². The molecule has 3 nitrogen and oxygen atoms in total. The van der Waals surface area contributed by atoms with Crippen molar-refractivity contribution in [1.82, 2.24) is 4.90 Å². The van der Waals surface area contributed by atoms with Crippen LogP contribution in [0.5, 0.6) is 0 Å². The molecule has 0 heterocycles. The van der Waals surface area contributed by atoms with Crippen LogP contribution in [0.4, 0.5) is 5.69 Å². The molecule has 0 bridgehead atoms. The van der Waals surface area contributed by atoms with Gasteiger partial charge in [0.15, 0.2) is 0 Å². The summed E-state index contributed by atoms with van der Waals surface area (Å²) in [6, 6.07) is 8.16. The summed E-state index contributed by atoms with van der Waals surface area (Å²) < 4.78 is 0. The largest absolute Gasteiger partial charge is 0.382 e. The molecule has 0 fully saturated rings. The maximum Gasteiger partial charge on any atom is 0.255 e. The van der Waals surface area contributed by atoms with E-state index in [1.807, 2.05) is 24.3 Å². The van der Waals surface area contributed by atoms with Gasteiger partial charge in [-0.05, 0) is 25.5 Å². The van der Waals surface area contributed by atoms with Crippen LogP contribution in [-0.4, -0.2) is 30.9 Å². The normalized spacial score (nSPS) is 12.0. The molecule has 0 saturated heterocycles. The Morgan fingerprint density at radius 1 is 1.14 bits per heavy atom. The third-order valence-corrected chi connectivity index (χ3v) is 3.71. The van der Waals surface area contributed by atoms with Crippen LogP contribution in [0.3, 0.4) is 0 Å². The maximum absolute atomic E-state index is 12.2. The van der Waals surface area contributed by atoms with Crippen LogP contribution in [0.25, 0.3) is 0 Å². The zero-order valence-corrected chi connectivity index (χ0v) is 14.0. The van der Waals surface area contributed by atoms with Gasteiger partial charge in [-0.3, -0.25) is 4.79 Å². The molecule has 1 N–H and O–H groups in total. The summed E-state index contributed by atoms with van der Waals surface area (Å²) in [6.45, 7) is 4.43. The van der Waals surface area contributed by atoms with Crippen LogP contribution in [0.1, 0.15) is 62.7 Å². The Labute approximate surface area is 129 Å². The molecule has 21 heavy (non-hydrogen) atoms. The van der Waals surface area contributed by atoms with Gasteiger partial charge in [0, 0.05) is 25.8 Å². The van der Waals surface area contributed by atoms with Gasteiger partial charge in [-0.2, -0.15) is 0 Å². The minimum Gasteiger partial charge on any atom is -0.382 e. The van der Waals surface area contributed by atoms with E-state index in [4.69, 9.17) is 0 Å². The number of hydrogen-bond donors (Lipinski definition) is 1. The van der Waals surface area contributed by atoms with Crippen molar-refractivity contribution in [2.24, 2.45) is 0 Å². The number of nitrogens with one attached hydrogen (secondary N) is 1. The van der Waals surface area contributed by atoms with Gasteiger partial charge in [-0.15, -0.1) is 0 Å². The highest BCUT2D eigenvalue weighted by molar-refractivity contribution is 5.99. The molecular weight excluding hydrogens is 260 g/mol. The average molecular weight is 290 g/mol. The number of unbranched alkanes of at least 4 members (excludes halogenated alkanes) is 4. The molecule has 0 aliphatic rings. The number of hydrogen-bond acceptors (Lipinski definition) is 2. The van der Waals surface area contributed by atoms with Crippen LogP contribution in [0.15, 0.2) is 24.3 Å². The molecule has 3 heteroatoms. The third-order valence-electron chi connectivity index (χ3n) is 3.71. The first-order valence-electron chi connectivity index (χ1n) is 8.13. The molecule has 1 rings (SSSR count). The molecule has 0 aliphatic heterocycles. The summed E-state index contributed by atoms with van der Waals surface area (Å²) in [4.78, 5) is 13.8. The van der Waals surface area contributed by atoms with Crippen molar-refractivity contribution in [3.05, 3.63) is 29.8 Å². The minimum atomic E-state index is 0.0493. The highest BCUT2D eigenvalue weighted by atomic mass is 16.2. The number of anilines is 1. The van der Waals surface area contributed by atoms with E-state index >= 15 is 0 Å². The molecule has 0 aromatic heterocycles. The Balaban J connectivity index is 2.52. The van der Waals surface area contributed by atoms with Crippen molar-refractivity contribution >= 4 is 11.6 Å². The van der Waals surface area contributed by atoms with E-state index in [0.717, 1.165) is 17.7 Å². The SMILES string of the molecule is CCCCCCCC(C)Nc1ccccc1C(=O)N(C)C. The highest BCUT2D eigenvalue weighted by Crippen LogP contribution is 2.19. The zero-order valence-electron chi connectivity index (χ0n) is 14.0. The van der Waals surface area contributed by atoms with Crippen molar-refractivity contribution in [3.8, 4) is 0 Å². The number of para-hydroxylation sites is 1. The quantitative estimate of drug-likeness (QED) is 0.677. The van der Waals surface area contributed by atoms with Crippen molar-refractivity contribution in [3.63, 3.8) is 0 Å². The Kier molecular flexibility index (Phi) is 7.88. The van der Waals surface area contributed by atoms with Gasteiger partial charge < -0.3 is 10.2 Å². The predicted molar refractivity (Wildman–Crippen MR) is 90.9 cm³/mol. The summed E-state index contributed by atoms with van der Waals surface area (Å²) in [5, 5.41) is 3.49. The molecule has 0 radical (unpaired) electrons. The van der Waals surface area contributed by atoms with Crippen LogP contribution < -0.4 is 5.32 Å². The number of amides is 1. The monoisotopic (exact) mass is 290 g/mol. The number of benzene rings is 1. The van der Waals surface area contributed by atoms with E-state index in [1.165, 1.54) is 32.1 Å². The second kappa shape index (κ2) is 9.43. The fourth-order valence-electron chi connectivity index (χ4n) is 2.43. The molecule has 0 spiro atoms. The van der Waals surface area contributed by atoms with Gasteiger partial charge in [0.2, 0.25) is 0 Å². The van der Waals surface area contributed by atoms with E-state index < -0.39 is 0 Å². The smallest absolute Gasteiger partial charge is 0.255 e. The van der Waals surface area contributed by atoms with Gasteiger partial charge in [0.1, 0.15) is 0 Å². The van der Waals surface area contributed by atoms with Gasteiger partial charge >= 0.3 is 0 Å². The lowest BCUT2D eigenvalue weighted by Crippen LogP contribution is -2.24. The summed E-state index contributed by atoms with van der Waals surface area (Å²) in [6.07, 6.45) is 7.65. The molecule has 1 aromatic rings. The molecule has 0 saturated carbocycles. The maximum atomic E-state index is 12.2. The lowest BCUT2D eigenvalue weighted by molar-refractivity contribution is 0.0828. The van der Waals surface area contributed by atoms with E-state index in [9.17, 15) is 4.79 Å². The summed E-state index contributed by atoms with van der Waals surface area (Å²) in [5.41, 5.74) is 1.69. The van der Waals surface area contributed by atoms with E-state index in [2.05, 4.69) is 19.2 Å². The van der Waals surface area contributed by atoms with E-state index in [1.54, 1.807) is 19.0 Å². The van der Waals surface area contributed by atoms with E-state index in [0.29, 0.717) is 6.04 Å². The van der Waals surface area contributed by atoms with Gasteiger partial charge in [0.05, 0.1) is 5.56 Å². The summed E-state index contributed by atoms with van der Waals surface area (Å²) in [7, 11) is 3.58. The van der Waals surface area contributed by atoms with Crippen molar-refractivity contribution < 1.29 is 4.79 Å². The van der Waals surface area contributed by atoms with E-state index in [-0.39, 0.29) is 5.91 Å². The highest BCUT2D eigenvalue weighted by Gasteiger charge is 2.13. The Morgan fingerprint density at radius 3 is 2.48 bits per heavy atom. The van der Waals surface area contributed by atoms with Gasteiger partial charge in [0.25, 0.3) is 5.91 Å². The van der Waals surface area contributed by atoms with Crippen LogP contribution >= 0.6 is 0 Å².